The maximum absolute atomic E-state index is 12.5. The molecule has 1 saturated heterocycles. The molecule has 1 N–H and O–H groups in total. The molecule has 1 aliphatic heterocycles. The Labute approximate surface area is 149 Å². The van der Waals surface area contributed by atoms with Crippen LogP contribution in [0.5, 0.6) is 5.75 Å². The van der Waals surface area contributed by atoms with Crippen molar-refractivity contribution < 1.29 is 14.3 Å². The molecule has 1 atom stereocenters. The smallest absolute Gasteiger partial charge is 0.269 e. The first-order valence-corrected chi connectivity index (χ1v) is 9.13. The molecular formula is C18H19N3O3S. The van der Waals surface area contributed by atoms with Gasteiger partial charge in [0, 0.05) is 30.3 Å². The molecule has 1 fully saturated rings. The van der Waals surface area contributed by atoms with Gasteiger partial charge in [-0.15, -0.1) is 11.3 Å². The van der Waals surface area contributed by atoms with E-state index >= 15 is 0 Å². The molecule has 0 saturated carbocycles. The van der Waals surface area contributed by atoms with E-state index in [0.717, 1.165) is 41.4 Å². The van der Waals surface area contributed by atoms with Gasteiger partial charge in [-0.1, -0.05) is 0 Å². The summed E-state index contributed by atoms with van der Waals surface area (Å²) < 4.78 is 12.6. The predicted molar refractivity (Wildman–Crippen MR) is 96.4 cm³/mol. The van der Waals surface area contributed by atoms with E-state index in [2.05, 4.69) is 10.3 Å². The van der Waals surface area contributed by atoms with E-state index in [4.69, 9.17) is 9.47 Å². The van der Waals surface area contributed by atoms with E-state index in [9.17, 15) is 4.79 Å². The lowest BCUT2D eigenvalue weighted by Crippen LogP contribution is -2.32. The number of methoxy groups -OCH3 is 1. The van der Waals surface area contributed by atoms with Gasteiger partial charge < -0.3 is 14.8 Å². The van der Waals surface area contributed by atoms with Crippen LogP contribution in [0, 0.1) is 0 Å². The maximum atomic E-state index is 12.5. The second kappa shape index (κ2) is 6.85. The topological polar surface area (TPSA) is 64.9 Å². The molecule has 1 aliphatic rings. The van der Waals surface area contributed by atoms with Crippen molar-refractivity contribution in [2.24, 2.45) is 0 Å². The van der Waals surface area contributed by atoms with Crippen LogP contribution in [0.1, 0.15) is 23.3 Å². The number of imidazole rings is 1. The van der Waals surface area contributed by atoms with Gasteiger partial charge in [-0.3, -0.25) is 9.20 Å². The van der Waals surface area contributed by atoms with Gasteiger partial charge in [0.1, 0.15) is 11.4 Å². The average molecular weight is 357 g/mol. The van der Waals surface area contributed by atoms with E-state index in [-0.39, 0.29) is 12.0 Å². The molecule has 6 nitrogen and oxygen atoms in total. The highest BCUT2D eigenvalue weighted by atomic mass is 32.1. The Balaban J connectivity index is 1.53. The summed E-state index contributed by atoms with van der Waals surface area (Å²) in [6.07, 6.45) is 4.10. The van der Waals surface area contributed by atoms with Crippen LogP contribution in [0.3, 0.4) is 0 Å². The van der Waals surface area contributed by atoms with Gasteiger partial charge in [-0.05, 0) is 37.1 Å². The van der Waals surface area contributed by atoms with E-state index in [1.165, 1.54) is 11.3 Å². The first-order chi connectivity index (χ1) is 12.2. The summed E-state index contributed by atoms with van der Waals surface area (Å²) >= 11 is 1.46. The van der Waals surface area contributed by atoms with Gasteiger partial charge >= 0.3 is 0 Å². The predicted octanol–water partition coefficient (Wildman–Crippen LogP) is 2.98. The Bertz CT molecular complexity index is 879. The zero-order valence-corrected chi connectivity index (χ0v) is 14.7. The van der Waals surface area contributed by atoms with Crippen molar-refractivity contribution in [3.05, 3.63) is 41.5 Å². The van der Waals surface area contributed by atoms with E-state index in [1.54, 1.807) is 7.11 Å². The quantitative estimate of drug-likeness (QED) is 0.762. The van der Waals surface area contributed by atoms with Crippen molar-refractivity contribution in [1.29, 1.82) is 0 Å². The minimum atomic E-state index is -0.0968. The zero-order valence-electron chi connectivity index (χ0n) is 13.9. The van der Waals surface area contributed by atoms with E-state index < -0.39 is 0 Å². The molecule has 7 heteroatoms. The lowest BCUT2D eigenvalue weighted by molar-refractivity contribution is 0.0853. The van der Waals surface area contributed by atoms with E-state index in [0.29, 0.717) is 12.2 Å². The lowest BCUT2D eigenvalue weighted by atomic mass is 10.2. The minimum Gasteiger partial charge on any atom is -0.497 e. The number of thiazole rings is 1. The monoisotopic (exact) mass is 357 g/mol. The fourth-order valence-corrected chi connectivity index (χ4v) is 3.80. The summed E-state index contributed by atoms with van der Waals surface area (Å²) in [7, 11) is 1.64. The van der Waals surface area contributed by atoms with Crippen molar-refractivity contribution >= 4 is 22.2 Å². The summed E-state index contributed by atoms with van der Waals surface area (Å²) in [6.45, 7) is 1.34. The number of nitrogens with zero attached hydrogens (tertiary/aromatic N) is 2. The number of carbonyl (C=O) groups is 1. The molecule has 4 rings (SSSR count). The number of hydrogen-bond acceptors (Lipinski definition) is 5. The van der Waals surface area contributed by atoms with E-state index in [1.807, 2.05) is 40.2 Å². The Hall–Kier alpha value is -2.38. The van der Waals surface area contributed by atoms with Crippen molar-refractivity contribution in [3.8, 4) is 17.0 Å². The number of carbonyl (C=O) groups excluding carboxylic acids is 1. The summed E-state index contributed by atoms with van der Waals surface area (Å²) in [4.78, 5) is 17.9. The molecule has 25 heavy (non-hydrogen) atoms. The molecule has 0 spiro atoms. The standard InChI is InChI=1S/C18H19N3O3S/c1-23-13-6-4-12(5-7-13)15-10-21-16(11-25-18(21)20-15)17(22)19-9-14-3-2-8-24-14/h4-7,10-11,14H,2-3,8-9H2,1H3,(H,19,22). The number of nitrogens with one attached hydrogen (secondary N) is 1. The highest BCUT2D eigenvalue weighted by molar-refractivity contribution is 7.15. The molecule has 0 aliphatic carbocycles. The average Bonchev–Trinajstić information content (AvgIpc) is 3.36. The van der Waals surface area contributed by atoms with Crippen LogP contribution in [0.25, 0.3) is 16.2 Å². The number of fused-ring (bicyclic) bond motifs is 1. The first-order valence-electron chi connectivity index (χ1n) is 8.25. The van der Waals surface area contributed by atoms with Crippen LogP contribution in [-0.4, -0.2) is 41.7 Å². The summed E-state index contributed by atoms with van der Waals surface area (Å²) in [5.74, 6) is 0.708. The van der Waals surface area contributed by atoms with Crippen LogP contribution in [0.4, 0.5) is 0 Å². The highest BCUT2D eigenvalue weighted by Gasteiger charge is 2.19. The van der Waals surface area contributed by atoms with Crippen LogP contribution in [0.2, 0.25) is 0 Å². The highest BCUT2D eigenvalue weighted by Crippen LogP contribution is 2.25. The van der Waals surface area contributed by atoms with Gasteiger partial charge in [-0.25, -0.2) is 4.98 Å². The fourth-order valence-electron chi connectivity index (χ4n) is 2.95. The van der Waals surface area contributed by atoms with Crippen molar-refractivity contribution in [2.45, 2.75) is 18.9 Å². The van der Waals surface area contributed by atoms with Gasteiger partial charge in [0.2, 0.25) is 0 Å². The van der Waals surface area contributed by atoms with Crippen LogP contribution in [0.15, 0.2) is 35.8 Å². The Morgan fingerprint density at radius 1 is 1.44 bits per heavy atom. The molecule has 1 amide bonds. The van der Waals surface area contributed by atoms with Crippen molar-refractivity contribution in [2.75, 3.05) is 20.3 Å². The van der Waals surface area contributed by atoms with Crippen molar-refractivity contribution in [1.82, 2.24) is 14.7 Å². The molecule has 1 aromatic carbocycles. The zero-order chi connectivity index (χ0) is 17.2. The molecule has 3 heterocycles. The second-order valence-corrected chi connectivity index (χ2v) is 6.81. The molecule has 130 valence electrons. The maximum Gasteiger partial charge on any atom is 0.269 e. The number of rotatable bonds is 5. The van der Waals surface area contributed by atoms with Crippen LogP contribution < -0.4 is 10.1 Å². The number of hydrogen-bond donors (Lipinski definition) is 1. The summed E-state index contributed by atoms with van der Waals surface area (Å²) in [6, 6.07) is 7.72. The fraction of sp³-hybridized carbons (Fsp3) is 0.333. The van der Waals surface area contributed by atoms with Gasteiger partial charge in [0.25, 0.3) is 5.91 Å². The normalized spacial score (nSPS) is 17.1. The SMILES string of the molecule is COc1ccc(-c2cn3c(C(=O)NCC4CCCO4)csc3n2)cc1. The van der Waals surface area contributed by atoms with Crippen LogP contribution in [-0.2, 0) is 4.74 Å². The molecular weight excluding hydrogens is 338 g/mol. The molecule has 1 unspecified atom stereocenters. The van der Waals surface area contributed by atoms with Gasteiger partial charge in [0.15, 0.2) is 4.96 Å². The lowest BCUT2D eigenvalue weighted by Gasteiger charge is -2.10. The Kier molecular flexibility index (Phi) is 4.42. The minimum absolute atomic E-state index is 0.0968. The Morgan fingerprint density at radius 3 is 3.00 bits per heavy atom. The molecule has 3 aromatic rings. The second-order valence-electron chi connectivity index (χ2n) is 5.97. The molecule has 2 aromatic heterocycles. The number of benzene rings is 1. The molecule has 0 bridgehead atoms. The third-order valence-electron chi connectivity index (χ3n) is 4.34. The van der Waals surface area contributed by atoms with Crippen molar-refractivity contribution in [3.63, 3.8) is 0 Å². The number of aromatic nitrogens is 2. The van der Waals surface area contributed by atoms with Gasteiger partial charge in [0.05, 0.1) is 18.9 Å². The number of amides is 1. The van der Waals surface area contributed by atoms with Crippen LogP contribution >= 0.6 is 11.3 Å². The third kappa shape index (κ3) is 3.25. The first kappa shape index (κ1) is 16.1. The third-order valence-corrected chi connectivity index (χ3v) is 5.18. The Morgan fingerprint density at radius 2 is 2.28 bits per heavy atom. The van der Waals surface area contributed by atoms with Gasteiger partial charge in [-0.2, -0.15) is 0 Å². The largest absolute Gasteiger partial charge is 0.497 e. The molecule has 0 radical (unpaired) electrons. The number of ether oxygens (including phenoxy) is 2. The summed E-state index contributed by atoms with van der Waals surface area (Å²) in [5, 5.41) is 4.80. The summed E-state index contributed by atoms with van der Waals surface area (Å²) in [5.41, 5.74) is 2.43.